The number of hydrogen-bond donors (Lipinski definition) is 2. The first-order valence-corrected chi connectivity index (χ1v) is 8.34. The summed E-state index contributed by atoms with van der Waals surface area (Å²) in [5, 5.41) is 7.01. The lowest BCUT2D eigenvalue weighted by Gasteiger charge is -2.24. The summed E-state index contributed by atoms with van der Waals surface area (Å²) in [6, 6.07) is 2.17. The van der Waals surface area contributed by atoms with Gasteiger partial charge in [-0.1, -0.05) is 0 Å². The zero-order valence-electron chi connectivity index (χ0n) is 13.8. The minimum Gasteiger partial charge on any atom is -0.354 e. The first kappa shape index (κ1) is 17.4. The highest BCUT2D eigenvalue weighted by molar-refractivity contribution is 7.07. The van der Waals surface area contributed by atoms with Crippen molar-refractivity contribution in [2.45, 2.75) is 26.3 Å². The van der Waals surface area contributed by atoms with Gasteiger partial charge in [-0.2, -0.15) is 11.3 Å². The summed E-state index contributed by atoms with van der Waals surface area (Å²) in [4.78, 5) is 33.0. The molecule has 124 valence electrons. The Hall–Kier alpha value is -1.99. The van der Waals surface area contributed by atoms with Crippen LogP contribution in [-0.4, -0.2) is 41.4 Å². The van der Waals surface area contributed by atoms with Crippen molar-refractivity contribution >= 4 is 17.2 Å². The van der Waals surface area contributed by atoms with E-state index in [1.807, 2.05) is 19.5 Å². The monoisotopic (exact) mass is 334 g/mol. The van der Waals surface area contributed by atoms with E-state index in [1.54, 1.807) is 25.2 Å². The highest BCUT2D eigenvalue weighted by Gasteiger charge is 2.17. The van der Waals surface area contributed by atoms with Gasteiger partial charge in [0.2, 0.25) is 5.91 Å². The molecule has 2 N–H and O–H groups in total. The first-order valence-electron chi connectivity index (χ1n) is 7.40. The van der Waals surface area contributed by atoms with Gasteiger partial charge in [-0.3, -0.25) is 9.59 Å². The van der Waals surface area contributed by atoms with E-state index < -0.39 is 0 Å². The fourth-order valence-electron chi connectivity index (χ4n) is 2.46. The molecule has 23 heavy (non-hydrogen) atoms. The lowest BCUT2D eigenvalue weighted by molar-refractivity contribution is -0.120. The van der Waals surface area contributed by atoms with Crippen molar-refractivity contribution in [3.05, 3.63) is 49.8 Å². The second-order valence-electron chi connectivity index (χ2n) is 5.73. The number of nitrogens with zero attached hydrogens (tertiary/aromatic N) is 2. The fourth-order valence-corrected chi connectivity index (χ4v) is 3.16. The summed E-state index contributed by atoms with van der Waals surface area (Å²) in [5.74, 6) is 0.383. The van der Waals surface area contributed by atoms with E-state index in [4.69, 9.17) is 0 Å². The molecule has 0 aliphatic heterocycles. The lowest BCUT2D eigenvalue weighted by atomic mass is 10.1. The van der Waals surface area contributed by atoms with Gasteiger partial charge in [0, 0.05) is 17.8 Å². The number of carbonyl (C=O) groups is 1. The quantitative estimate of drug-likeness (QED) is 0.837. The van der Waals surface area contributed by atoms with Crippen molar-refractivity contribution in [2.24, 2.45) is 0 Å². The number of thiophene rings is 1. The number of aromatic nitrogens is 2. The van der Waals surface area contributed by atoms with Gasteiger partial charge in [0.05, 0.1) is 12.5 Å². The van der Waals surface area contributed by atoms with Crippen LogP contribution in [0.2, 0.25) is 0 Å². The zero-order valence-corrected chi connectivity index (χ0v) is 14.7. The van der Waals surface area contributed by atoms with Crippen LogP contribution in [0.5, 0.6) is 0 Å². The van der Waals surface area contributed by atoms with Crippen LogP contribution >= 0.6 is 11.3 Å². The summed E-state index contributed by atoms with van der Waals surface area (Å²) in [5.41, 5.74) is 1.95. The highest BCUT2D eigenvalue weighted by Crippen LogP contribution is 2.19. The smallest absolute Gasteiger partial charge is 0.254 e. The minimum atomic E-state index is -0.243. The Labute approximate surface area is 139 Å². The van der Waals surface area contributed by atoms with Crippen LogP contribution in [0.3, 0.4) is 0 Å². The summed E-state index contributed by atoms with van der Waals surface area (Å²) >= 11 is 1.63. The van der Waals surface area contributed by atoms with Gasteiger partial charge >= 0.3 is 0 Å². The van der Waals surface area contributed by atoms with E-state index in [-0.39, 0.29) is 23.9 Å². The van der Waals surface area contributed by atoms with Crippen LogP contribution in [0.25, 0.3) is 0 Å². The summed E-state index contributed by atoms with van der Waals surface area (Å²) < 4.78 is 0. The molecule has 0 bridgehead atoms. The minimum absolute atomic E-state index is 0.0399. The molecule has 6 nitrogen and oxygen atoms in total. The van der Waals surface area contributed by atoms with E-state index in [0.29, 0.717) is 23.6 Å². The molecular weight excluding hydrogens is 312 g/mol. The van der Waals surface area contributed by atoms with E-state index in [1.165, 1.54) is 5.56 Å². The molecular formula is C16H22N4O2S. The Morgan fingerprint density at radius 1 is 1.43 bits per heavy atom. The maximum atomic E-state index is 12.2. The molecule has 0 radical (unpaired) electrons. The number of hydrogen-bond acceptors (Lipinski definition) is 5. The van der Waals surface area contributed by atoms with Gasteiger partial charge < -0.3 is 15.2 Å². The largest absolute Gasteiger partial charge is 0.354 e. The van der Waals surface area contributed by atoms with Crippen LogP contribution in [0.4, 0.5) is 0 Å². The highest BCUT2D eigenvalue weighted by atomic mass is 32.1. The number of H-pyrrole nitrogens is 1. The maximum Gasteiger partial charge on any atom is 0.254 e. The Balaban J connectivity index is 2.01. The van der Waals surface area contributed by atoms with Crippen LogP contribution in [0.1, 0.15) is 28.7 Å². The van der Waals surface area contributed by atoms with Crippen molar-refractivity contribution in [3.8, 4) is 0 Å². The van der Waals surface area contributed by atoms with Gasteiger partial charge in [0.25, 0.3) is 5.56 Å². The van der Waals surface area contributed by atoms with E-state index in [0.717, 1.165) is 0 Å². The van der Waals surface area contributed by atoms with Gasteiger partial charge in [-0.25, -0.2) is 4.98 Å². The molecule has 0 aliphatic carbocycles. The van der Waals surface area contributed by atoms with Crippen molar-refractivity contribution in [3.63, 3.8) is 0 Å². The van der Waals surface area contributed by atoms with Crippen molar-refractivity contribution in [1.82, 2.24) is 20.2 Å². The van der Waals surface area contributed by atoms with Gasteiger partial charge in [0.1, 0.15) is 5.82 Å². The van der Waals surface area contributed by atoms with Gasteiger partial charge in [0.15, 0.2) is 0 Å². The first-order chi connectivity index (χ1) is 10.9. The van der Waals surface area contributed by atoms with Gasteiger partial charge in [-0.15, -0.1) is 0 Å². The normalized spacial score (nSPS) is 12.4. The standard InChI is InChI=1S/C16H22N4O2S/c1-10-13(16(22)19-11(2)18-10)7-15(21)17-8-14(20(3)4)12-5-6-23-9-12/h5-6,9,14H,7-8H2,1-4H3,(H,17,21)(H,18,19,22). The Morgan fingerprint density at radius 3 is 2.74 bits per heavy atom. The maximum absolute atomic E-state index is 12.2. The molecule has 2 aromatic heterocycles. The van der Waals surface area contributed by atoms with E-state index in [9.17, 15) is 9.59 Å². The summed E-state index contributed by atoms with van der Waals surface area (Å²) in [6.45, 7) is 3.97. The molecule has 1 amide bonds. The molecule has 7 heteroatoms. The molecule has 2 heterocycles. The Bertz CT molecular complexity index is 722. The SMILES string of the molecule is Cc1nc(C)c(CC(=O)NCC(c2ccsc2)N(C)C)c(=O)[nH]1. The molecule has 0 saturated heterocycles. The van der Waals surface area contributed by atoms with Crippen LogP contribution in [0.15, 0.2) is 21.6 Å². The van der Waals surface area contributed by atoms with Crippen molar-refractivity contribution < 1.29 is 4.79 Å². The Morgan fingerprint density at radius 2 is 2.17 bits per heavy atom. The summed E-state index contributed by atoms with van der Waals surface area (Å²) in [7, 11) is 3.96. The van der Waals surface area contributed by atoms with Crippen LogP contribution < -0.4 is 10.9 Å². The molecule has 1 unspecified atom stereocenters. The third-order valence-electron chi connectivity index (χ3n) is 3.72. The molecule has 0 spiro atoms. The van der Waals surface area contributed by atoms with E-state index >= 15 is 0 Å². The number of nitrogens with one attached hydrogen (secondary N) is 2. The van der Waals surface area contributed by atoms with Crippen LogP contribution in [-0.2, 0) is 11.2 Å². The topological polar surface area (TPSA) is 78.1 Å². The molecule has 2 rings (SSSR count). The van der Waals surface area contributed by atoms with Gasteiger partial charge in [-0.05, 0) is 50.3 Å². The predicted molar refractivity (Wildman–Crippen MR) is 91.8 cm³/mol. The zero-order chi connectivity index (χ0) is 17.0. The lowest BCUT2D eigenvalue weighted by Crippen LogP contribution is -2.36. The average molecular weight is 334 g/mol. The molecule has 1 atom stereocenters. The second kappa shape index (κ2) is 7.52. The molecule has 2 aromatic rings. The number of amides is 1. The number of rotatable bonds is 6. The molecule has 0 aliphatic rings. The van der Waals surface area contributed by atoms with Crippen molar-refractivity contribution in [2.75, 3.05) is 20.6 Å². The number of likely N-dealkylation sites (N-methyl/N-ethyl adjacent to an activating group) is 1. The average Bonchev–Trinajstić information content (AvgIpc) is 2.96. The third-order valence-corrected chi connectivity index (χ3v) is 4.42. The number of carbonyl (C=O) groups excluding carboxylic acids is 1. The third kappa shape index (κ3) is 4.49. The number of aryl methyl sites for hydroxylation is 2. The fraction of sp³-hybridized carbons (Fsp3) is 0.438. The van der Waals surface area contributed by atoms with Crippen molar-refractivity contribution in [1.29, 1.82) is 0 Å². The second-order valence-corrected chi connectivity index (χ2v) is 6.51. The Kier molecular flexibility index (Phi) is 5.68. The summed E-state index contributed by atoms with van der Waals surface area (Å²) in [6.07, 6.45) is 0.0399. The molecule has 0 saturated carbocycles. The molecule has 0 aromatic carbocycles. The molecule has 0 fully saturated rings. The number of aromatic amines is 1. The van der Waals surface area contributed by atoms with E-state index in [2.05, 4.69) is 31.6 Å². The predicted octanol–water partition coefficient (Wildman–Crippen LogP) is 1.41. The van der Waals surface area contributed by atoms with Crippen LogP contribution in [0, 0.1) is 13.8 Å².